The summed E-state index contributed by atoms with van der Waals surface area (Å²) in [7, 11) is 0. The largest absolute Gasteiger partial charge is 0.389 e. The highest BCUT2D eigenvalue weighted by molar-refractivity contribution is 5.27. The van der Waals surface area contributed by atoms with Gasteiger partial charge in [0.25, 0.3) is 0 Å². The Balaban J connectivity index is 2.29. The highest BCUT2D eigenvalue weighted by Gasteiger charge is 2.32. The van der Waals surface area contributed by atoms with Crippen molar-refractivity contribution >= 4 is 0 Å². The molecule has 2 aliphatic rings. The van der Waals surface area contributed by atoms with Crippen molar-refractivity contribution in [3.8, 4) is 0 Å². The van der Waals surface area contributed by atoms with Crippen LogP contribution in [-0.2, 0) is 0 Å². The molecule has 0 saturated heterocycles. The molecule has 1 N–H and O–H groups in total. The van der Waals surface area contributed by atoms with Crippen LogP contribution in [0.15, 0.2) is 11.1 Å². The quantitative estimate of drug-likeness (QED) is 0.507. The van der Waals surface area contributed by atoms with Crippen LogP contribution in [-0.4, -0.2) is 11.2 Å². The SMILES string of the molecule is CC1=C2CCC[C@@H]2C[C@H]1O. The minimum Gasteiger partial charge on any atom is -0.389 e. The van der Waals surface area contributed by atoms with E-state index in [4.69, 9.17) is 0 Å². The number of hydrogen-bond donors (Lipinski definition) is 1. The van der Waals surface area contributed by atoms with Gasteiger partial charge in [-0.3, -0.25) is 0 Å². The summed E-state index contributed by atoms with van der Waals surface area (Å²) >= 11 is 0. The molecule has 2 aliphatic carbocycles. The first-order valence-electron chi connectivity index (χ1n) is 4.16. The summed E-state index contributed by atoms with van der Waals surface area (Å²) in [6.07, 6.45) is 4.85. The van der Waals surface area contributed by atoms with Gasteiger partial charge >= 0.3 is 0 Å². The molecular formula is C9H14O. The van der Waals surface area contributed by atoms with E-state index in [-0.39, 0.29) is 6.10 Å². The first-order valence-corrected chi connectivity index (χ1v) is 4.16. The molecule has 0 aromatic carbocycles. The fourth-order valence-electron chi connectivity index (χ4n) is 2.36. The van der Waals surface area contributed by atoms with Crippen LogP contribution in [0.25, 0.3) is 0 Å². The van der Waals surface area contributed by atoms with Gasteiger partial charge in [-0.15, -0.1) is 0 Å². The second kappa shape index (κ2) is 2.09. The second-order valence-electron chi connectivity index (χ2n) is 3.55. The Morgan fingerprint density at radius 1 is 1.50 bits per heavy atom. The van der Waals surface area contributed by atoms with E-state index >= 15 is 0 Å². The van der Waals surface area contributed by atoms with Gasteiger partial charge in [-0.1, -0.05) is 5.57 Å². The maximum Gasteiger partial charge on any atom is 0.0755 e. The van der Waals surface area contributed by atoms with E-state index in [1.165, 1.54) is 24.8 Å². The molecule has 0 aliphatic heterocycles. The van der Waals surface area contributed by atoms with E-state index in [0.717, 1.165) is 12.3 Å². The lowest BCUT2D eigenvalue weighted by molar-refractivity contribution is 0.199. The molecule has 1 fully saturated rings. The summed E-state index contributed by atoms with van der Waals surface area (Å²) in [5.74, 6) is 0.759. The zero-order valence-electron chi connectivity index (χ0n) is 6.43. The number of aliphatic hydroxyl groups excluding tert-OH is 1. The van der Waals surface area contributed by atoms with Crippen molar-refractivity contribution in [2.45, 2.75) is 38.7 Å². The van der Waals surface area contributed by atoms with Crippen molar-refractivity contribution in [2.75, 3.05) is 0 Å². The molecule has 0 aromatic rings. The highest BCUT2D eigenvalue weighted by Crippen LogP contribution is 2.43. The molecule has 0 radical (unpaired) electrons. The van der Waals surface area contributed by atoms with Crippen molar-refractivity contribution in [3.05, 3.63) is 11.1 Å². The monoisotopic (exact) mass is 138 g/mol. The Kier molecular flexibility index (Phi) is 1.34. The third-order valence-corrected chi connectivity index (χ3v) is 3.01. The van der Waals surface area contributed by atoms with E-state index in [0.29, 0.717) is 0 Å². The highest BCUT2D eigenvalue weighted by atomic mass is 16.3. The summed E-state index contributed by atoms with van der Waals surface area (Å²) < 4.78 is 0. The fourth-order valence-corrected chi connectivity index (χ4v) is 2.36. The number of rotatable bonds is 0. The average molecular weight is 138 g/mol. The van der Waals surface area contributed by atoms with Crippen LogP contribution in [0.1, 0.15) is 32.6 Å². The van der Waals surface area contributed by atoms with Gasteiger partial charge in [0.05, 0.1) is 6.10 Å². The van der Waals surface area contributed by atoms with Gasteiger partial charge in [-0.25, -0.2) is 0 Å². The van der Waals surface area contributed by atoms with E-state index < -0.39 is 0 Å². The molecule has 0 heterocycles. The van der Waals surface area contributed by atoms with Crippen LogP contribution in [0.2, 0.25) is 0 Å². The molecule has 0 aromatic heterocycles. The van der Waals surface area contributed by atoms with Crippen LogP contribution < -0.4 is 0 Å². The topological polar surface area (TPSA) is 20.2 Å². The Morgan fingerprint density at radius 3 is 3.00 bits per heavy atom. The van der Waals surface area contributed by atoms with Gasteiger partial charge in [-0.2, -0.15) is 0 Å². The Morgan fingerprint density at radius 2 is 2.30 bits per heavy atom. The number of fused-ring (bicyclic) bond motifs is 1. The van der Waals surface area contributed by atoms with Crippen LogP contribution in [0.4, 0.5) is 0 Å². The predicted octanol–water partition coefficient (Wildman–Crippen LogP) is 1.87. The average Bonchev–Trinajstić information content (AvgIpc) is 2.41. The van der Waals surface area contributed by atoms with Gasteiger partial charge in [0.15, 0.2) is 0 Å². The van der Waals surface area contributed by atoms with E-state index in [2.05, 4.69) is 6.92 Å². The number of allylic oxidation sites excluding steroid dienone is 1. The van der Waals surface area contributed by atoms with Gasteiger partial charge in [0.1, 0.15) is 0 Å². The lowest BCUT2D eigenvalue weighted by Gasteiger charge is -2.03. The summed E-state index contributed by atoms with van der Waals surface area (Å²) in [6.45, 7) is 2.09. The molecule has 56 valence electrons. The standard InChI is InChI=1S/C9H14O/c1-6-8-4-2-3-7(8)5-9(6)10/h7,9-10H,2-5H2,1H3/t7-,9-/m1/s1. The fraction of sp³-hybridized carbons (Fsp3) is 0.778. The Labute approximate surface area is 61.8 Å². The zero-order chi connectivity index (χ0) is 7.14. The van der Waals surface area contributed by atoms with Gasteiger partial charge in [0, 0.05) is 0 Å². The number of aliphatic hydroxyl groups is 1. The number of hydrogen-bond acceptors (Lipinski definition) is 1. The minimum absolute atomic E-state index is 0.0969. The molecule has 0 amide bonds. The third-order valence-electron chi connectivity index (χ3n) is 3.01. The molecule has 1 nitrogen and oxygen atoms in total. The van der Waals surface area contributed by atoms with Gasteiger partial charge in [0.2, 0.25) is 0 Å². The minimum atomic E-state index is -0.0969. The molecule has 1 heteroatoms. The molecule has 1 saturated carbocycles. The van der Waals surface area contributed by atoms with Crippen molar-refractivity contribution in [1.82, 2.24) is 0 Å². The van der Waals surface area contributed by atoms with E-state index in [1.54, 1.807) is 5.57 Å². The maximum absolute atomic E-state index is 9.45. The predicted molar refractivity (Wildman–Crippen MR) is 40.7 cm³/mol. The lowest BCUT2D eigenvalue weighted by Crippen LogP contribution is -2.03. The van der Waals surface area contributed by atoms with Crippen molar-refractivity contribution in [3.63, 3.8) is 0 Å². The summed E-state index contributed by atoms with van der Waals surface area (Å²) in [4.78, 5) is 0. The summed E-state index contributed by atoms with van der Waals surface area (Å²) in [5, 5.41) is 9.45. The molecule has 0 unspecified atom stereocenters. The smallest absolute Gasteiger partial charge is 0.0755 e. The molecule has 2 rings (SSSR count). The van der Waals surface area contributed by atoms with Crippen LogP contribution >= 0.6 is 0 Å². The molecule has 2 atom stereocenters. The van der Waals surface area contributed by atoms with Crippen molar-refractivity contribution in [2.24, 2.45) is 5.92 Å². The van der Waals surface area contributed by atoms with Crippen LogP contribution in [0.5, 0.6) is 0 Å². The van der Waals surface area contributed by atoms with E-state index in [9.17, 15) is 5.11 Å². The lowest BCUT2D eigenvalue weighted by atomic mass is 10.1. The summed E-state index contributed by atoms with van der Waals surface area (Å²) in [6, 6.07) is 0. The molecule has 0 bridgehead atoms. The Bertz CT molecular complexity index is 181. The summed E-state index contributed by atoms with van der Waals surface area (Å²) in [5.41, 5.74) is 2.86. The maximum atomic E-state index is 9.45. The first-order chi connectivity index (χ1) is 4.79. The second-order valence-corrected chi connectivity index (χ2v) is 3.55. The molecular weight excluding hydrogens is 124 g/mol. The Hall–Kier alpha value is -0.300. The van der Waals surface area contributed by atoms with Gasteiger partial charge in [-0.05, 0) is 44.1 Å². The molecule has 10 heavy (non-hydrogen) atoms. The van der Waals surface area contributed by atoms with Crippen LogP contribution in [0, 0.1) is 5.92 Å². The van der Waals surface area contributed by atoms with E-state index in [1.807, 2.05) is 0 Å². The van der Waals surface area contributed by atoms with Crippen molar-refractivity contribution < 1.29 is 5.11 Å². The normalized spacial score (nSPS) is 39.0. The van der Waals surface area contributed by atoms with Crippen LogP contribution in [0.3, 0.4) is 0 Å². The van der Waals surface area contributed by atoms with Gasteiger partial charge < -0.3 is 5.11 Å². The third kappa shape index (κ3) is 0.734. The van der Waals surface area contributed by atoms with Crippen molar-refractivity contribution in [1.29, 1.82) is 0 Å². The zero-order valence-corrected chi connectivity index (χ0v) is 6.43. The molecule has 0 spiro atoms. The first kappa shape index (κ1) is 6.41.